The summed E-state index contributed by atoms with van der Waals surface area (Å²) in [6, 6.07) is 3.41. The van der Waals surface area contributed by atoms with Gasteiger partial charge >= 0.3 is 5.97 Å². The fourth-order valence-corrected chi connectivity index (χ4v) is 2.46. The van der Waals surface area contributed by atoms with E-state index in [2.05, 4.69) is 5.32 Å². The first-order valence-electron chi connectivity index (χ1n) is 7.02. The van der Waals surface area contributed by atoms with Gasteiger partial charge in [0.05, 0.1) is 11.4 Å². The average Bonchev–Trinajstić information content (AvgIpc) is 2.44. The highest BCUT2D eigenvalue weighted by Gasteiger charge is 2.18. The normalized spacial score (nSPS) is 14.3. The molecular formula is C15H18ClNO5. The smallest absolute Gasteiger partial charge is 0.303 e. The number of nitrogens with one attached hydrogen (secondary N) is 1. The zero-order valence-corrected chi connectivity index (χ0v) is 13.0. The lowest BCUT2D eigenvalue weighted by Gasteiger charge is -2.20. The van der Waals surface area contributed by atoms with E-state index in [4.69, 9.17) is 26.2 Å². The molecule has 0 saturated heterocycles. The molecule has 0 bridgehead atoms. The van der Waals surface area contributed by atoms with Crippen molar-refractivity contribution in [3.63, 3.8) is 0 Å². The first-order valence-corrected chi connectivity index (χ1v) is 7.40. The molecule has 1 aromatic rings. The standard InChI is InChI=1S/C15H18ClNO5/c1-9(4-14(19)20)8-17-13(18)7-10-5-11(16)15-12(6-10)21-2-3-22-15/h5-6,9H,2-4,7-8H2,1H3,(H,17,18)(H,19,20). The maximum atomic E-state index is 11.9. The van der Waals surface area contributed by atoms with Crippen LogP contribution in [0, 0.1) is 5.92 Å². The number of benzene rings is 1. The Balaban J connectivity index is 1.91. The van der Waals surface area contributed by atoms with Gasteiger partial charge in [-0.3, -0.25) is 9.59 Å². The summed E-state index contributed by atoms with van der Waals surface area (Å²) in [6.45, 7) is 3.00. The molecule has 0 saturated carbocycles. The third kappa shape index (κ3) is 4.53. The van der Waals surface area contributed by atoms with E-state index < -0.39 is 5.97 Å². The largest absolute Gasteiger partial charge is 0.486 e. The minimum absolute atomic E-state index is 0.0239. The highest BCUT2D eigenvalue weighted by molar-refractivity contribution is 6.32. The van der Waals surface area contributed by atoms with E-state index in [-0.39, 0.29) is 24.7 Å². The molecule has 7 heteroatoms. The Morgan fingerprint density at radius 1 is 1.36 bits per heavy atom. The summed E-state index contributed by atoms with van der Waals surface area (Å²) in [5.74, 6) is -0.136. The lowest BCUT2D eigenvalue weighted by Crippen LogP contribution is -2.30. The monoisotopic (exact) mass is 327 g/mol. The summed E-state index contributed by atoms with van der Waals surface area (Å²) in [7, 11) is 0. The molecule has 2 N–H and O–H groups in total. The molecule has 22 heavy (non-hydrogen) atoms. The Kier molecular flexibility index (Phi) is 5.49. The van der Waals surface area contributed by atoms with Gasteiger partial charge in [-0.05, 0) is 23.6 Å². The van der Waals surface area contributed by atoms with E-state index in [1.165, 1.54) is 0 Å². The zero-order chi connectivity index (χ0) is 16.1. The highest BCUT2D eigenvalue weighted by Crippen LogP contribution is 2.38. The number of carboxylic acid groups (broad SMARTS) is 1. The van der Waals surface area contributed by atoms with Crippen LogP contribution in [0.25, 0.3) is 0 Å². The van der Waals surface area contributed by atoms with Gasteiger partial charge in [-0.15, -0.1) is 0 Å². The summed E-state index contributed by atoms with van der Waals surface area (Å²) in [6.07, 6.45) is 0.173. The topological polar surface area (TPSA) is 84.9 Å². The van der Waals surface area contributed by atoms with Crippen LogP contribution < -0.4 is 14.8 Å². The third-order valence-electron chi connectivity index (χ3n) is 3.19. The second-order valence-corrected chi connectivity index (χ2v) is 5.69. The zero-order valence-electron chi connectivity index (χ0n) is 12.2. The Hall–Kier alpha value is -1.95. The number of hydrogen-bond donors (Lipinski definition) is 2. The van der Waals surface area contributed by atoms with Gasteiger partial charge < -0.3 is 19.9 Å². The number of hydrogen-bond acceptors (Lipinski definition) is 4. The van der Waals surface area contributed by atoms with E-state index in [0.29, 0.717) is 36.3 Å². The predicted molar refractivity (Wildman–Crippen MR) is 80.6 cm³/mol. The third-order valence-corrected chi connectivity index (χ3v) is 3.47. The number of rotatable bonds is 6. The van der Waals surface area contributed by atoms with Crippen LogP contribution >= 0.6 is 11.6 Å². The minimum Gasteiger partial charge on any atom is -0.486 e. The Morgan fingerprint density at radius 3 is 2.82 bits per heavy atom. The van der Waals surface area contributed by atoms with Crippen LogP contribution in [0.3, 0.4) is 0 Å². The molecule has 0 aliphatic carbocycles. The summed E-state index contributed by atoms with van der Waals surface area (Å²) in [5.41, 5.74) is 0.720. The molecule has 1 atom stereocenters. The number of aliphatic carboxylic acids is 1. The maximum absolute atomic E-state index is 11.9. The molecule has 1 heterocycles. The molecule has 0 aromatic heterocycles. The van der Waals surface area contributed by atoms with Gasteiger partial charge in [0.1, 0.15) is 13.2 Å². The Labute approximate surface area is 133 Å². The van der Waals surface area contributed by atoms with Crippen LogP contribution in [0.4, 0.5) is 0 Å². The van der Waals surface area contributed by atoms with E-state index in [9.17, 15) is 9.59 Å². The van der Waals surface area contributed by atoms with E-state index >= 15 is 0 Å². The van der Waals surface area contributed by atoms with Gasteiger partial charge in [0.15, 0.2) is 11.5 Å². The minimum atomic E-state index is -0.875. The SMILES string of the molecule is CC(CNC(=O)Cc1cc(Cl)c2c(c1)OCCO2)CC(=O)O. The van der Waals surface area contributed by atoms with Gasteiger partial charge in [0.2, 0.25) is 5.91 Å². The van der Waals surface area contributed by atoms with Crippen LogP contribution in [-0.2, 0) is 16.0 Å². The molecular weight excluding hydrogens is 310 g/mol. The number of amides is 1. The molecule has 1 unspecified atom stereocenters. The van der Waals surface area contributed by atoms with Crippen molar-refractivity contribution in [2.75, 3.05) is 19.8 Å². The Morgan fingerprint density at radius 2 is 2.09 bits per heavy atom. The molecule has 1 amide bonds. The van der Waals surface area contributed by atoms with Crippen molar-refractivity contribution < 1.29 is 24.2 Å². The van der Waals surface area contributed by atoms with Gasteiger partial charge in [0.25, 0.3) is 0 Å². The van der Waals surface area contributed by atoms with Crippen LogP contribution in [-0.4, -0.2) is 36.7 Å². The molecule has 0 spiro atoms. The molecule has 6 nitrogen and oxygen atoms in total. The van der Waals surface area contributed by atoms with Crippen molar-refractivity contribution in [3.05, 3.63) is 22.7 Å². The number of carbonyl (C=O) groups excluding carboxylic acids is 1. The van der Waals surface area contributed by atoms with Crippen molar-refractivity contribution in [2.45, 2.75) is 19.8 Å². The number of ether oxygens (including phenoxy) is 2. The predicted octanol–water partition coefficient (Wildman–Crippen LogP) is 1.88. The molecule has 0 radical (unpaired) electrons. The van der Waals surface area contributed by atoms with Crippen LogP contribution in [0.5, 0.6) is 11.5 Å². The molecule has 1 aliphatic rings. The fourth-order valence-electron chi connectivity index (χ4n) is 2.17. The summed E-state index contributed by atoms with van der Waals surface area (Å²) < 4.78 is 10.9. The van der Waals surface area contributed by atoms with Gasteiger partial charge in [0, 0.05) is 13.0 Å². The van der Waals surface area contributed by atoms with Gasteiger partial charge in [-0.1, -0.05) is 18.5 Å². The lowest BCUT2D eigenvalue weighted by molar-refractivity contribution is -0.138. The van der Waals surface area contributed by atoms with Crippen LogP contribution in [0.1, 0.15) is 18.9 Å². The average molecular weight is 328 g/mol. The van der Waals surface area contributed by atoms with Gasteiger partial charge in [-0.25, -0.2) is 0 Å². The van der Waals surface area contributed by atoms with E-state index in [1.807, 2.05) is 0 Å². The summed E-state index contributed by atoms with van der Waals surface area (Å²) in [5, 5.41) is 11.8. The molecule has 120 valence electrons. The van der Waals surface area contributed by atoms with Crippen molar-refractivity contribution in [1.29, 1.82) is 0 Å². The summed E-state index contributed by atoms with van der Waals surface area (Å²) in [4.78, 5) is 22.5. The highest BCUT2D eigenvalue weighted by atomic mass is 35.5. The van der Waals surface area contributed by atoms with Crippen molar-refractivity contribution in [3.8, 4) is 11.5 Å². The van der Waals surface area contributed by atoms with Gasteiger partial charge in [-0.2, -0.15) is 0 Å². The van der Waals surface area contributed by atoms with Crippen molar-refractivity contribution in [2.24, 2.45) is 5.92 Å². The number of fused-ring (bicyclic) bond motifs is 1. The molecule has 2 rings (SSSR count). The Bertz CT molecular complexity index is 575. The number of carbonyl (C=O) groups is 2. The number of halogens is 1. The molecule has 1 aromatic carbocycles. The van der Waals surface area contributed by atoms with E-state index in [1.54, 1.807) is 19.1 Å². The van der Waals surface area contributed by atoms with E-state index in [0.717, 1.165) is 5.56 Å². The quantitative estimate of drug-likeness (QED) is 0.833. The van der Waals surface area contributed by atoms with Crippen LogP contribution in [0.2, 0.25) is 5.02 Å². The maximum Gasteiger partial charge on any atom is 0.303 e. The second kappa shape index (κ2) is 7.35. The van der Waals surface area contributed by atoms with Crippen molar-refractivity contribution in [1.82, 2.24) is 5.32 Å². The second-order valence-electron chi connectivity index (χ2n) is 5.29. The fraction of sp³-hybridized carbons (Fsp3) is 0.467. The van der Waals surface area contributed by atoms with Crippen molar-refractivity contribution >= 4 is 23.5 Å². The molecule has 0 fully saturated rings. The van der Waals surface area contributed by atoms with Crippen LogP contribution in [0.15, 0.2) is 12.1 Å². The first kappa shape index (κ1) is 16.4. The lowest BCUT2D eigenvalue weighted by atomic mass is 10.1. The number of carboxylic acids is 1. The molecule has 1 aliphatic heterocycles. The summed E-state index contributed by atoms with van der Waals surface area (Å²) >= 11 is 6.11. The first-order chi connectivity index (χ1) is 10.5.